The summed E-state index contributed by atoms with van der Waals surface area (Å²) in [6, 6.07) is -0.251. The minimum Gasteiger partial charge on any atom is -0.328 e. The molecule has 2 N–H and O–H groups in total. The molecule has 0 radical (unpaired) electrons. The van der Waals surface area contributed by atoms with Crippen LogP contribution in [0.3, 0.4) is 0 Å². The molecule has 0 aromatic rings. The molecule has 1 fully saturated rings. The monoisotopic (exact) mass is 181 g/mol. The second kappa shape index (κ2) is 3.64. The van der Waals surface area contributed by atoms with E-state index in [1.165, 1.54) is 0 Å². The Morgan fingerprint density at radius 3 is 2.25 bits per heavy atom. The van der Waals surface area contributed by atoms with Crippen LogP contribution >= 0.6 is 0 Å². The van der Waals surface area contributed by atoms with Crippen molar-refractivity contribution in [1.82, 2.24) is 0 Å². The zero-order chi connectivity index (χ0) is 9.19. The number of hydrogen-bond donors (Lipinski definition) is 1. The molecule has 4 heteroatoms. The second-order valence-corrected chi connectivity index (χ2v) is 3.52. The van der Waals surface area contributed by atoms with Gasteiger partial charge in [0.25, 0.3) is 0 Å². The van der Waals surface area contributed by atoms with Crippen LogP contribution in [0.25, 0.3) is 0 Å². The summed E-state index contributed by atoms with van der Waals surface area (Å²) in [5, 5.41) is 0. The molecule has 0 aliphatic heterocycles. The Kier molecular flexibility index (Phi) is 2.99. The molecular weight excluding hydrogens is 167 g/mol. The lowest BCUT2D eigenvalue weighted by atomic mass is 9.98. The summed E-state index contributed by atoms with van der Waals surface area (Å²) < 4.78 is 36.7. The van der Waals surface area contributed by atoms with Crippen LogP contribution in [-0.2, 0) is 0 Å². The smallest absolute Gasteiger partial charge is 0.328 e. The molecule has 0 bridgehead atoms. The molecule has 1 nitrogen and oxygen atoms in total. The number of hydrogen-bond acceptors (Lipinski definition) is 1. The summed E-state index contributed by atoms with van der Waals surface area (Å²) in [6.07, 6.45) is -1.42. The van der Waals surface area contributed by atoms with Gasteiger partial charge in [0.15, 0.2) is 0 Å². The standard InChI is InChI=1S/C8H14F3N/c9-8(10,11)6-3-1-2-4-7(12)5-6/h6-7H,1-5,12H2. The number of alkyl halides is 3. The minimum absolute atomic E-state index is 0.115. The van der Waals surface area contributed by atoms with E-state index < -0.39 is 12.1 Å². The van der Waals surface area contributed by atoms with Gasteiger partial charge in [-0.25, -0.2) is 0 Å². The molecule has 2 unspecified atom stereocenters. The van der Waals surface area contributed by atoms with Crippen LogP contribution in [0.5, 0.6) is 0 Å². The van der Waals surface area contributed by atoms with Crippen LogP contribution in [0, 0.1) is 5.92 Å². The van der Waals surface area contributed by atoms with Gasteiger partial charge >= 0.3 is 6.18 Å². The molecule has 0 saturated heterocycles. The molecule has 1 rings (SSSR count). The van der Waals surface area contributed by atoms with Crippen molar-refractivity contribution in [3.63, 3.8) is 0 Å². The van der Waals surface area contributed by atoms with Crippen LogP contribution in [0.2, 0.25) is 0 Å². The topological polar surface area (TPSA) is 26.0 Å². The Bertz CT molecular complexity index is 144. The first kappa shape index (κ1) is 9.84. The molecule has 0 spiro atoms. The predicted molar refractivity (Wildman–Crippen MR) is 40.6 cm³/mol. The van der Waals surface area contributed by atoms with Crippen molar-refractivity contribution < 1.29 is 13.2 Å². The van der Waals surface area contributed by atoms with Gasteiger partial charge in [0.05, 0.1) is 5.92 Å². The van der Waals surface area contributed by atoms with Crippen molar-refractivity contribution in [3.05, 3.63) is 0 Å². The molecule has 0 heterocycles. The van der Waals surface area contributed by atoms with Gasteiger partial charge < -0.3 is 5.73 Å². The first-order valence-electron chi connectivity index (χ1n) is 4.32. The van der Waals surface area contributed by atoms with Crippen LogP contribution in [0.1, 0.15) is 32.1 Å². The van der Waals surface area contributed by atoms with Crippen molar-refractivity contribution >= 4 is 0 Å². The molecule has 1 aliphatic carbocycles. The number of halogens is 3. The average Bonchev–Trinajstić information content (AvgIpc) is 2.11. The molecule has 0 aromatic carbocycles. The summed E-state index contributed by atoms with van der Waals surface area (Å²) in [5.41, 5.74) is 5.52. The Balaban J connectivity index is 2.52. The lowest BCUT2D eigenvalue weighted by Crippen LogP contribution is -2.29. The Morgan fingerprint density at radius 2 is 1.67 bits per heavy atom. The maximum Gasteiger partial charge on any atom is 0.391 e. The third-order valence-electron chi connectivity index (χ3n) is 2.43. The summed E-state index contributed by atoms with van der Waals surface area (Å²) in [7, 11) is 0. The lowest BCUT2D eigenvalue weighted by Gasteiger charge is -2.19. The van der Waals surface area contributed by atoms with E-state index >= 15 is 0 Å². The molecule has 1 saturated carbocycles. The van der Waals surface area contributed by atoms with Gasteiger partial charge in [0.2, 0.25) is 0 Å². The van der Waals surface area contributed by atoms with E-state index in [-0.39, 0.29) is 18.9 Å². The maximum atomic E-state index is 12.2. The molecular formula is C8H14F3N. The molecule has 12 heavy (non-hydrogen) atoms. The lowest BCUT2D eigenvalue weighted by molar-refractivity contribution is -0.178. The SMILES string of the molecule is NC1CCCCC(C(F)(F)F)C1. The normalized spacial score (nSPS) is 33.0. The number of rotatable bonds is 0. The number of nitrogens with two attached hydrogens (primary N) is 1. The maximum absolute atomic E-state index is 12.2. The van der Waals surface area contributed by atoms with Gasteiger partial charge in [-0.1, -0.05) is 12.8 Å². The Hall–Kier alpha value is -0.250. The molecule has 1 aliphatic rings. The summed E-state index contributed by atoms with van der Waals surface area (Å²) in [6.45, 7) is 0. The minimum atomic E-state index is -4.04. The Labute approximate surface area is 70.1 Å². The van der Waals surface area contributed by atoms with Gasteiger partial charge in [0, 0.05) is 6.04 Å². The average molecular weight is 181 g/mol. The zero-order valence-corrected chi connectivity index (χ0v) is 6.90. The molecule has 0 aromatic heterocycles. The first-order chi connectivity index (χ1) is 5.50. The van der Waals surface area contributed by atoms with E-state index in [1.807, 2.05) is 0 Å². The van der Waals surface area contributed by atoms with Crippen LogP contribution in [0.4, 0.5) is 13.2 Å². The largest absolute Gasteiger partial charge is 0.391 e. The van der Waals surface area contributed by atoms with E-state index in [0.29, 0.717) is 6.42 Å². The van der Waals surface area contributed by atoms with Crippen molar-refractivity contribution in [3.8, 4) is 0 Å². The van der Waals surface area contributed by atoms with E-state index in [0.717, 1.165) is 12.8 Å². The molecule has 2 atom stereocenters. The molecule has 0 amide bonds. The highest BCUT2D eigenvalue weighted by atomic mass is 19.4. The van der Waals surface area contributed by atoms with E-state index in [2.05, 4.69) is 0 Å². The predicted octanol–water partition coefficient (Wildman–Crippen LogP) is 2.46. The van der Waals surface area contributed by atoms with Gasteiger partial charge in [-0.2, -0.15) is 13.2 Å². The van der Waals surface area contributed by atoms with Crippen molar-refractivity contribution in [2.24, 2.45) is 11.7 Å². The van der Waals surface area contributed by atoms with Crippen molar-refractivity contribution in [1.29, 1.82) is 0 Å². The van der Waals surface area contributed by atoms with Gasteiger partial charge in [0.1, 0.15) is 0 Å². The summed E-state index contributed by atoms with van der Waals surface area (Å²) in [4.78, 5) is 0. The first-order valence-corrected chi connectivity index (χ1v) is 4.32. The highest BCUT2D eigenvalue weighted by Gasteiger charge is 2.40. The summed E-state index contributed by atoms with van der Waals surface area (Å²) in [5.74, 6) is -1.16. The van der Waals surface area contributed by atoms with Gasteiger partial charge in [-0.15, -0.1) is 0 Å². The quantitative estimate of drug-likeness (QED) is 0.571. The fourth-order valence-corrected chi connectivity index (χ4v) is 1.70. The van der Waals surface area contributed by atoms with E-state index in [1.54, 1.807) is 0 Å². The van der Waals surface area contributed by atoms with E-state index in [9.17, 15) is 13.2 Å². The van der Waals surface area contributed by atoms with Gasteiger partial charge in [-0.05, 0) is 19.3 Å². The fourth-order valence-electron chi connectivity index (χ4n) is 1.70. The third-order valence-corrected chi connectivity index (χ3v) is 2.43. The fraction of sp³-hybridized carbons (Fsp3) is 1.00. The van der Waals surface area contributed by atoms with Crippen molar-refractivity contribution in [2.75, 3.05) is 0 Å². The van der Waals surface area contributed by atoms with E-state index in [4.69, 9.17) is 5.73 Å². The van der Waals surface area contributed by atoms with Crippen LogP contribution in [0.15, 0.2) is 0 Å². The van der Waals surface area contributed by atoms with Crippen molar-refractivity contribution in [2.45, 2.75) is 44.3 Å². The highest BCUT2D eigenvalue weighted by Crippen LogP contribution is 2.35. The Morgan fingerprint density at radius 1 is 1.08 bits per heavy atom. The highest BCUT2D eigenvalue weighted by molar-refractivity contribution is 4.77. The second-order valence-electron chi connectivity index (χ2n) is 3.52. The molecule has 72 valence electrons. The zero-order valence-electron chi connectivity index (χ0n) is 6.90. The summed E-state index contributed by atoms with van der Waals surface area (Å²) >= 11 is 0. The van der Waals surface area contributed by atoms with Crippen LogP contribution < -0.4 is 5.73 Å². The van der Waals surface area contributed by atoms with Crippen LogP contribution in [-0.4, -0.2) is 12.2 Å². The third kappa shape index (κ3) is 2.66. The van der Waals surface area contributed by atoms with Gasteiger partial charge in [-0.3, -0.25) is 0 Å².